The standard InChI is InChI=1S/C26H24Cl2IN3O5/c1-15(37-22-9-8-18(27)13-19(22)28)25(34)31-21(11-16-6-4-3-5-7-16)26(35)32-30-14-17-10-20(29)24(33)23(12-17)36-2/h3-10,12-15,21,33H,11H2,1-2H3,(H,31,34)(H,32,35)/b30-14-/t15-,21-/m1/s1. The number of carbonyl (C=O) groups is 2. The predicted octanol–water partition coefficient (Wildman–Crippen LogP) is 4.96. The molecule has 0 heterocycles. The van der Waals surface area contributed by atoms with Crippen molar-refractivity contribution < 1.29 is 24.2 Å². The van der Waals surface area contributed by atoms with Crippen LogP contribution in [0.25, 0.3) is 0 Å². The summed E-state index contributed by atoms with van der Waals surface area (Å²) in [6.07, 6.45) is 0.699. The molecule has 2 amide bonds. The van der Waals surface area contributed by atoms with Gasteiger partial charge in [-0.15, -0.1) is 0 Å². The summed E-state index contributed by atoms with van der Waals surface area (Å²) in [6, 6.07) is 16.3. The van der Waals surface area contributed by atoms with Crippen LogP contribution in [-0.4, -0.2) is 42.4 Å². The highest BCUT2D eigenvalue weighted by Crippen LogP contribution is 2.32. The number of benzene rings is 3. The molecule has 2 atom stereocenters. The van der Waals surface area contributed by atoms with Gasteiger partial charge in [-0.3, -0.25) is 9.59 Å². The smallest absolute Gasteiger partial charge is 0.262 e. The molecule has 8 nitrogen and oxygen atoms in total. The summed E-state index contributed by atoms with van der Waals surface area (Å²) < 4.78 is 11.4. The fourth-order valence-corrected chi connectivity index (χ4v) is 4.31. The van der Waals surface area contributed by atoms with Crippen LogP contribution < -0.4 is 20.2 Å². The van der Waals surface area contributed by atoms with Gasteiger partial charge in [-0.1, -0.05) is 53.5 Å². The molecule has 3 aromatic rings. The lowest BCUT2D eigenvalue weighted by Crippen LogP contribution is -2.50. The van der Waals surface area contributed by atoms with Gasteiger partial charge in [0.2, 0.25) is 0 Å². The normalized spacial score (nSPS) is 12.6. The first-order valence-electron chi connectivity index (χ1n) is 11.0. The van der Waals surface area contributed by atoms with Crippen molar-refractivity contribution in [3.05, 3.63) is 85.4 Å². The van der Waals surface area contributed by atoms with Gasteiger partial charge in [0.25, 0.3) is 11.8 Å². The van der Waals surface area contributed by atoms with Crippen molar-refractivity contribution in [1.29, 1.82) is 0 Å². The molecule has 0 unspecified atom stereocenters. The lowest BCUT2D eigenvalue weighted by atomic mass is 10.1. The Morgan fingerprint density at radius 3 is 2.49 bits per heavy atom. The third-order valence-electron chi connectivity index (χ3n) is 5.14. The molecule has 0 saturated carbocycles. The summed E-state index contributed by atoms with van der Waals surface area (Å²) in [5, 5.41) is 17.4. The number of phenols is 1. The molecule has 194 valence electrons. The van der Waals surface area contributed by atoms with Crippen molar-refractivity contribution in [3.63, 3.8) is 0 Å². The Balaban J connectivity index is 1.71. The Morgan fingerprint density at radius 2 is 1.81 bits per heavy atom. The third-order valence-corrected chi connectivity index (χ3v) is 6.49. The van der Waals surface area contributed by atoms with E-state index in [1.54, 1.807) is 31.2 Å². The van der Waals surface area contributed by atoms with E-state index >= 15 is 0 Å². The molecule has 0 aliphatic heterocycles. The first kappa shape index (κ1) is 28.5. The van der Waals surface area contributed by atoms with Crippen LogP contribution in [0.4, 0.5) is 0 Å². The summed E-state index contributed by atoms with van der Waals surface area (Å²) in [7, 11) is 1.44. The van der Waals surface area contributed by atoms with E-state index < -0.39 is 24.0 Å². The van der Waals surface area contributed by atoms with Crippen LogP contribution in [0, 0.1) is 3.57 Å². The van der Waals surface area contributed by atoms with E-state index in [9.17, 15) is 14.7 Å². The minimum absolute atomic E-state index is 0.0196. The van der Waals surface area contributed by atoms with Gasteiger partial charge < -0.3 is 19.9 Å². The number of methoxy groups -OCH3 is 1. The minimum atomic E-state index is -0.945. The highest BCUT2D eigenvalue weighted by atomic mass is 127. The number of carbonyl (C=O) groups excluding carboxylic acids is 2. The molecule has 11 heteroatoms. The maximum Gasteiger partial charge on any atom is 0.262 e. The van der Waals surface area contributed by atoms with E-state index in [4.69, 9.17) is 32.7 Å². The van der Waals surface area contributed by atoms with Crippen LogP contribution in [0.5, 0.6) is 17.2 Å². The number of phenolic OH excluding ortho intramolecular Hbond substituents is 1. The van der Waals surface area contributed by atoms with Crippen LogP contribution in [-0.2, 0) is 16.0 Å². The summed E-state index contributed by atoms with van der Waals surface area (Å²) in [4.78, 5) is 25.9. The third kappa shape index (κ3) is 8.24. The number of amides is 2. The maximum absolute atomic E-state index is 13.0. The molecule has 0 spiro atoms. The van der Waals surface area contributed by atoms with Gasteiger partial charge in [-0.2, -0.15) is 5.10 Å². The van der Waals surface area contributed by atoms with Crippen molar-refractivity contribution in [2.24, 2.45) is 5.10 Å². The zero-order valence-electron chi connectivity index (χ0n) is 19.9. The number of rotatable bonds is 10. The first-order valence-corrected chi connectivity index (χ1v) is 12.9. The monoisotopic (exact) mass is 655 g/mol. The van der Waals surface area contributed by atoms with Crippen LogP contribution >= 0.6 is 45.8 Å². The minimum Gasteiger partial charge on any atom is -0.504 e. The molecule has 0 aliphatic rings. The average Bonchev–Trinajstić information content (AvgIpc) is 2.87. The summed E-state index contributed by atoms with van der Waals surface area (Å²) in [5.41, 5.74) is 3.91. The second-order valence-corrected chi connectivity index (χ2v) is 9.88. The number of halogens is 3. The van der Waals surface area contributed by atoms with Crippen LogP contribution in [0.2, 0.25) is 10.0 Å². The molecule has 0 bridgehead atoms. The zero-order valence-corrected chi connectivity index (χ0v) is 23.5. The van der Waals surface area contributed by atoms with Gasteiger partial charge >= 0.3 is 0 Å². The van der Waals surface area contributed by atoms with E-state index in [0.29, 0.717) is 19.9 Å². The van der Waals surface area contributed by atoms with E-state index in [-0.39, 0.29) is 22.9 Å². The first-order chi connectivity index (χ1) is 17.7. The van der Waals surface area contributed by atoms with Crippen LogP contribution in [0.15, 0.2) is 65.8 Å². The quantitative estimate of drug-likeness (QED) is 0.163. The van der Waals surface area contributed by atoms with Crippen LogP contribution in [0.1, 0.15) is 18.1 Å². The fraction of sp³-hybridized carbons (Fsp3) is 0.192. The van der Waals surface area contributed by atoms with Gasteiger partial charge in [0, 0.05) is 11.4 Å². The number of ether oxygens (including phenoxy) is 2. The number of hydrogen-bond donors (Lipinski definition) is 3. The second-order valence-electron chi connectivity index (χ2n) is 7.87. The highest BCUT2D eigenvalue weighted by Gasteiger charge is 2.25. The Bertz CT molecular complexity index is 1290. The SMILES string of the molecule is COc1cc(/C=N\NC(=O)[C@@H](Cc2ccccc2)NC(=O)[C@@H](C)Oc2ccc(Cl)cc2Cl)cc(I)c1O. The molecule has 3 aromatic carbocycles. The summed E-state index contributed by atoms with van der Waals surface area (Å²) in [5.74, 6) is -0.439. The zero-order chi connectivity index (χ0) is 26.9. The predicted molar refractivity (Wildman–Crippen MR) is 152 cm³/mol. The summed E-state index contributed by atoms with van der Waals surface area (Å²) >= 11 is 14.0. The number of hydrogen-bond acceptors (Lipinski definition) is 6. The van der Waals surface area contributed by atoms with Gasteiger partial charge in [-0.05, 0) is 71.0 Å². The Kier molecular flexibility index (Phi) is 10.4. The molecule has 3 N–H and O–H groups in total. The van der Waals surface area contributed by atoms with Crippen molar-refractivity contribution in [2.75, 3.05) is 7.11 Å². The van der Waals surface area contributed by atoms with E-state index in [1.807, 2.05) is 52.9 Å². The molecular formula is C26H24Cl2IN3O5. The lowest BCUT2D eigenvalue weighted by Gasteiger charge is -2.21. The van der Waals surface area contributed by atoms with Crippen molar-refractivity contribution in [2.45, 2.75) is 25.5 Å². The van der Waals surface area contributed by atoms with Gasteiger partial charge in [0.05, 0.1) is 21.9 Å². The Hall–Kier alpha value is -3.02. The van der Waals surface area contributed by atoms with E-state index in [0.717, 1.165) is 5.56 Å². The highest BCUT2D eigenvalue weighted by molar-refractivity contribution is 14.1. The van der Waals surface area contributed by atoms with Crippen LogP contribution in [0.3, 0.4) is 0 Å². The molecule has 37 heavy (non-hydrogen) atoms. The second kappa shape index (κ2) is 13.5. The fourth-order valence-electron chi connectivity index (χ4n) is 3.24. The molecular weight excluding hydrogens is 632 g/mol. The molecule has 0 radical (unpaired) electrons. The van der Waals surface area contributed by atoms with Gasteiger partial charge in [0.1, 0.15) is 11.8 Å². The van der Waals surface area contributed by atoms with E-state index in [1.165, 1.54) is 19.4 Å². The maximum atomic E-state index is 13.0. The Labute approximate surface area is 238 Å². The topological polar surface area (TPSA) is 109 Å². The molecule has 3 rings (SSSR count). The number of nitrogens with zero attached hydrogens (tertiary/aromatic N) is 1. The van der Waals surface area contributed by atoms with Gasteiger partial charge in [0.15, 0.2) is 17.6 Å². The molecule has 0 aromatic heterocycles. The van der Waals surface area contributed by atoms with Crippen molar-refractivity contribution >= 4 is 63.8 Å². The van der Waals surface area contributed by atoms with E-state index in [2.05, 4.69) is 15.8 Å². The summed E-state index contributed by atoms with van der Waals surface area (Å²) in [6.45, 7) is 1.55. The van der Waals surface area contributed by atoms with Gasteiger partial charge in [-0.25, -0.2) is 5.43 Å². The molecule has 0 aliphatic carbocycles. The Morgan fingerprint density at radius 1 is 1.08 bits per heavy atom. The van der Waals surface area contributed by atoms with Crippen molar-refractivity contribution in [1.82, 2.24) is 10.7 Å². The number of aromatic hydroxyl groups is 1. The number of nitrogens with one attached hydrogen (secondary N) is 2. The average molecular weight is 656 g/mol. The van der Waals surface area contributed by atoms with Crippen molar-refractivity contribution in [3.8, 4) is 17.2 Å². The molecule has 0 fully saturated rings. The largest absolute Gasteiger partial charge is 0.504 e. The lowest BCUT2D eigenvalue weighted by molar-refractivity contribution is -0.132. The molecule has 0 saturated heterocycles. The number of hydrazone groups is 1.